The molecule has 24 heavy (non-hydrogen) atoms. The van der Waals surface area contributed by atoms with Gasteiger partial charge in [-0.1, -0.05) is 54.2 Å². The standard InChI is InChI=1S/C18H21NO3S2/c1-12-7-8-13(2)14(10-12)11-15-17(22)19(18(23)24-15)9-5-3-4-6-16(20)21/h7-8,10-11H,3-6,9H2,1-2H3,(H,20,21)/b15-11-. The van der Waals surface area contributed by atoms with Gasteiger partial charge in [-0.15, -0.1) is 0 Å². The van der Waals surface area contributed by atoms with Crippen LogP contribution < -0.4 is 0 Å². The number of carbonyl (C=O) groups is 2. The smallest absolute Gasteiger partial charge is 0.303 e. The summed E-state index contributed by atoms with van der Waals surface area (Å²) in [6, 6.07) is 6.16. The van der Waals surface area contributed by atoms with Gasteiger partial charge in [-0.05, 0) is 43.9 Å². The monoisotopic (exact) mass is 363 g/mol. The number of thiocarbonyl (C=S) groups is 1. The molecule has 1 aromatic carbocycles. The van der Waals surface area contributed by atoms with Gasteiger partial charge in [0, 0.05) is 13.0 Å². The summed E-state index contributed by atoms with van der Waals surface area (Å²) in [5.74, 6) is -0.832. The number of hydrogen-bond donors (Lipinski definition) is 1. The Labute approximate surface area is 151 Å². The molecule has 1 N–H and O–H groups in total. The molecule has 0 aromatic heterocycles. The Morgan fingerprint density at radius 2 is 2.04 bits per heavy atom. The van der Waals surface area contributed by atoms with Crippen LogP contribution in [-0.2, 0) is 9.59 Å². The summed E-state index contributed by atoms with van der Waals surface area (Å²) in [5.41, 5.74) is 3.32. The lowest BCUT2D eigenvalue weighted by Crippen LogP contribution is -2.29. The van der Waals surface area contributed by atoms with Crippen LogP contribution in [0.3, 0.4) is 0 Å². The minimum absolute atomic E-state index is 0.0517. The molecule has 1 heterocycles. The van der Waals surface area contributed by atoms with E-state index in [1.54, 1.807) is 4.90 Å². The number of hydrogen-bond acceptors (Lipinski definition) is 4. The van der Waals surface area contributed by atoms with Gasteiger partial charge >= 0.3 is 5.97 Å². The summed E-state index contributed by atoms with van der Waals surface area (Å²) >= 11 is 6.66. The van der Waals surface area contributed by atoms with Gasteiger partial charge in [0.05, 0.1) is 4.91 Å². The highest BCUT2D eigenvalue weighted by Gasteiger charge is 2.31. The van der Waals surface area contributed by atoms with Crippen LogP contribution >= 0.6 is 24.0 Å². The average Bonchev–Trinajstić information content (AvgIpc) is 2.77. The number of carboxylic acid groups (broad SMARTS) is 1. The number of aryl methyl sites for hydroxylation is 2. The lowest BCUT2D eigenvalue weighted by atomic mass is 10.1. The SMILES string of the molecule is Cc1ccc(C)c(/C=C2\SC(=S)N(CCCCCC(=O)O)C2=O)c1. The first-order valence-electron chi connectivity index (χ1n) is 7.93. The van der Waals surface area contributed by atoms with E-state index in [0.717, 1.165) is 29.5 Å². The lowest BCUT2D eigenvalue weighted by Gasteiger charge is -2.13. The topological polar surface area (TPSA) is 57.6 Å². The Morgan fingerprint density at radius 3 is 2.75 bits per heavy atom. The molecule has 0 aliphatic carbocycles. The molecule has 1 amide bonds. The number of thioether (sulfide) groups is 1. The summed E-state index contributed by atoms with van der Waals surface area (Å²) in [6.45, 7) is 4.60. The number of rotatable bonds is 7. The van der Waals surface area contributed by atoms with E-state index in [0.29, 0.717) is 22.2 Å². The van der Waals surface area contributed by atoms with Crippen molar-refractivity contribution in [2.45, 2.75) is 39.5 Å². The van der Waals surface area contributed by atoms with Gasteiger partial charge in [-0.25, -0.2) is 0 Å². The van der Waals surface area contributed by atoms with E-state index >= 15 is 0 Å². The van der Waals surface area contributed by atoms with Crippen LogP contribution in [0.5, 0.6) is 0 Å². The van der Waals surface area contributed by atoms with Crippen molar-refractivity contribution in [3.05, 3.63) is 39.8 Å². The Hall–Kier alpha value is -1.66. The van der Waals surface area contributed by atoms with Crippen molar-refractivity contribution in [2.24, 2.45) is 0 Å². The molecule has 128 valence electrons. The Balaban J connectivity index is 1.99. The largest absolute Gasteiger partial charge is 0.481 e. The maximum Gasteiger partial charge on any atom is 0.303 e. The zero-order valence-electron chi connectivity index (χ0n) is 13.9. The summed E-state index contributed by atoms with van der Waals surface area (Å²) in [4.78, 5) is 25.3. The summed E-state index contributed by atoms with van der Waals surface area (Å²) in [7, 11) is 0. The van der Waals surface area contributed by atoms with Crippen LogP contribution in [-0.4, -0.2) is 32.7 Å². The van der Waals surface area contributed by atoms with Crippen molar-refractivity contribution < 1.29 is 14.7 Å². The van der Waals surface area contributed by atoms with Crippen LogP contribution in [0.1, 0.15) is 42.4 Å². The van der Waals surface area contributed by atoms with Crippen LogP contribution in [0.4, 0.5) is 0 Å². The molecule has 1 fully saturated rings. The maximum atomic E-state index is 12.5. The molecule has 1 aliphatic rings. The molecule has 1 saturated heterocycles. The fourth-order valence-corrected chi connectivity index (χ4v) is 3.77. The van der Waals surface area contributed by atoms with E-state index < -0.39 is 5.97 Å². The number of nitrogens with zero attached hydrogens (tertiary/aromatic N) is 1. The third-order valence-electron chi connectivity index (χ3n) is 3.87. The van der Waals surface area contributed by atoms with Crippen LogP contribution in [0, 0.1) is 13.8 Å². The van der Waals surface area contributed by atoms with Gasteiger partial charge in [0.1, 0.15) is 4.32 Å². The second-order valence-electron chi connectivity index (χ2n) is 5.90. The third kappa shape index (κ3) is 4.92. The molecule has 0 atom stereocenters. The number of benzene rings is 1. The normalized spacial score (nSPS) is 16.2. The van der Waals surface area contributed by atoms with E-state index in [1.165, 1.54) is 11.8 Å². The van der Waals surface area contributed by atoms with Gasteiger partial charge in [0.25, 0.3) is 5.91 Å². The highest BCUT2D eigenvalue weighted by molar-refractivity contribution is 8.26. The van der Waals surface area contributed by atoms with E-state index in [9.17, 15) is 9.59 Å². The van der Waals surface area contributed by atoms with Crippen molar-refractivity contribution in [3.63, 3.8) is 0 Å². The highest BCUT2D eigenvalue weighted by Crippen LogP contribution is 2.33. The van der Waals surface area contributed by atoms with E-state index in [2.05, 4.69) is 12.1 Å². The van der Waals surface area contributed by atoms with Gasteiger partial charge in [-0.2, -0.15) is 0 Å². The first-order valence-corrected chi connectivity index (χ1v) is 9.15. The van der Waals surface area contributed by atoms with E-state index in [-0.39, 0.29) is 12.3 Å². The van der Waals surface area contributed by atoms with Crippen molar-refractivity contribution in [1.29, 1.82) is 0 Å². The third-order valence-corrected chi connectivity index (χ3v) is 5.25. The fraction of sp³-hybridized carbons (Fsp3) is 0.389. The summed E-state index contributed by atoms with van der Waals surface area (Å²) < 4.78 is 0.579. The minimum atomic E-state index is -0.780. The molecule has 0 saturated carbocycles. The van der Waals surface area contributed by atoms with Gasteiger partial charge in [0.2, 0.25) is 0 Å². The molecule has 2 rings (SSSR count). The predicted molar refractivity (Wildman–Crippen MR) is 102 cm³/mol. The van der Waals surface area contributed by atoms with Crippen molar-refractivity contribution in [2.75, 3.05) is 6.54 Å². The molecule has 0 radical (unpaired) electrons. The van der Waals surface area contributed by atoms with Gasteiger partial charge in [0.15, 0.2) is 0 Å². The number of carboxylic acids is 1. The predicted octanol–water partition coefficient (Wildman–Crippen LogP) is 4.15. The molecular formula is C18H21NO3S2. The second-order valence-corrected chi connectivity index (χ2v) is 7.57. The number of unbranched alkanes of at least 4 members (excludes halogenated alkanes) is 2. The van der Waals surface area contributed by atoms with E-state index in [1.807, 2.05) is 26.0 Å². The molecule has 0 unspecified atom stereocenters. The van der Waals surface area contributed by atoms with Crippen molar-refractivity contribution >= 4 is 46.3 Å². The molecule has 6 heteroatoms. The molecule has 0 bridgehead atoms. The van der Waals surface area contributed by atoms with Gasteiger partial charge in [-0.3, -0.25) is 14.5 Å². The van der Waals surface area contributed by atoms with E-state index in [4.69, 9.17) is 17.3 Å². The molecular weight excluding hydrogens is 342 g/mol. The molecule has 0 spiro atoms. The number of amides is 1. The minimum Gasteiger partial charge on any atom is -0.481 e. The van der Waals surface area contributed by atoms with Crippen LogP contribution in [0.25, 0.3) is 6.08 Å². The average molecular weight is 364 g/mol. The zero-order valence-corrected chi connectivity index (χ0v) is 15.5. The Bertz CT molecular complexity index is 698. The summed E-state index contributed by atoms with van der Waals surface area (Å²) in [6.07, 6.45) is 4.25. The van der Waals surface area contributed by atoms with Gasteiger partial charge < -0.3 is 5.11 Å². The van der Waals surface area contributed by atoms with Crippen molar-refractivity contribution in [1.82, 2.24) is 4.90 Å². The molecule has 4 nitrogen and oxygen atoms in total. The maximum absolute atomic E-state index is 12.5. The molecule has 1 aliphatic heterocycles. The Morgan fingerprint density at radius 1 is 1.29 bits per heavy atom. The number of aliphatic carboxylic acids is 1. The summed E-state index contributed by atoms with van der Waals surface area (Å²) in [5, 5.41) is 8.63. The number of carbonyl (C=O) groups excluding carboxylic acids is 1. The quantitative estimate of drug-likeness (QED) is 0.448. The first kappa shape index (κ1) is 18.7. The first-order chi connectivity index (χ1) is 11.4. The van der Waals surface area contributed by atoms with Crippen LogP contribution in [0.15, 0.2) is 23.1 Å². The zero-order chi connectivity index (χ0) is 17.7. The fourth-order valence-electron chi connectivity index (χ4n) is 2.47. The second kappa shape index (κ2) is 8.44. The van der Waals surface area contributed by atoms with Crippen LogP contribution in [0.2, 0.25) is 0 Å². The molecule has 1 aromatic rings. The van der Waals surface area contributed by atoms with Crippen molar-refractivity contribution in [3.8, 4) is 0 Å². The Kier molecular flexibility index (Phi) is 6.57. The highest BCUT2D eigenvalue weighted by atomic mass is 32.2. The lowest BCUT2D eigenvalue weighted by molar-refractivity contribution is -0.137.